The first kappa shape index (κ1) is 12.2. The normalized spacial score (nSPS) is 13.4. The maximum atomic E-state index is 11.0. The summed E-state index contributed by atoms with van der Waals surface area (Å²) in [5.74, 6) is 0. The first-order chi connectivity index (χ1) is 7.01. The Labute approximate surface area is 94.8 Å². The van der Waals surface area contributed by atoms with Gasteiger partial charge in [-0.3, -0.25) is 4.98 Å². The van der Waals surface area contributed by atoms with Gasteiger partial charge in [0.25, 0.3) is 0 Å². The van der Waals surface area contributed by atoms with Gasteiger partial charge in [-0.2, -0.15) is 0 Å². The molecule has 0 aliphatic rings. The topological polar surface area (TPSA) is 59.1 Å². The molecule has 0 bridgehead atoms. The molecule has 1 atom stereocenters. The fourth-order valence-corrected chi connectivity index (χ4v) is 1.97. The van der Waals surface area contributed by atoms with Gasteiger partial charge >= 0.3 is 0 Å². The lowest BCUT2D eigenvalue weighted by atomic mass is 10.2. The minimum absolute atomic E-state index is 0.414. The minimum Gasteiger partial charge on any atom is -0.261 e. The van der Waals surface area contributed by atoms with E-state index in [0.29, 0.717) is 6.42 Å². The summed E-state index contributed by atoms with van der Waals surface area (Å²) in [7, 11) is -3.26. The summed E-state index contributed by atoms with van der Waals surface area (Å²) < 4.78 is 24.3. The molecule has 0 aliphatic carbocycles. The first-order valence-electron chi connectivity index (χ1n) is 4.26. The summed E-state index contributed by atoms with van der Waals surface area (Å²) in [6.07, 6.45) is 3.15. The smallest absolute Gasteiger partial charge is 0.209 e. The van der Waals surface area contributed by atoms with E-state index in [4.69, 9.17) is 0 Å². The molecule has 1 unspecified atom stereocenters. The van der Waals surface area contributed by atoms with Crippen LogP contribution in [0.1, 0.15) is 5.69 Å². The minimum atomic E-state index is -3.26. The van der Waals surface area contributed by atoms with Gasteiger partial charge in [-0.1, -0.05) is 18.3 Å². The molecule has 1 heterocycles. The maximum Gasteiger partial charge on any atom is 0.209 e. The molecule has 1 radical (unpaired) electrons. The van der Waals surface area contributed by atoms with Crippen LogP contribution >= 0.6 is 12.2 Å². The summed E-state index contributed by atoms with van der Waals surface area (Å²) in [5.41, 5.74) is 0.774. The number of pyridine rings is 1. The lowest BCUT2D eigenvalue weighted by Gasteiger charge is -2.10. The molecule has 1 aromatic rings. The van der Waals surface area contributed by atoms with Crippen molar-refractivity contribution in [2.24, 2.45) is 0 Å². The summed E-state index contributed by atoms with van der Waals surface area (Å²) in [6.45, 7) is 0. The van der Waals surface area contributed by atoms with Crippen LogP contribution in [-0.4, -0.2) is 31.1 Å². The molecule has 1 rings (SSSR count). The number of sulfonamides is 1. The van der Waals surface area contributed by atoms with E-state index in [1.54, 1.807) is 12.3 Å². The van der Waals surface area contributed by atoms with Crippen molar-refractivity contribution >= 4 is 27.6 Å². The van der Waals surface area contributed by atoms with Crippen LogP contribution in [0.3, 0.4) is 0 Å². The molecule has 0 amide bonds. The van der Waals surface area contributed by atoms with E-state index in [9.17, 15) is 8.42 Å². The first-order valence-corrected chi connectivity index (χ1v) is 6.56. The zero-order valence-corrected chi connectivity index (χ0v) is 9.81. The van der Waals surface area contributed by atoms with Gasteiger partial charge in [0, 0.05) is 23.7 Å². The second-order valence-electron chi connectivity index (χ2n) is 3.09. The lowest BCUT2D eigenvalue weighted by Crippen LogP contribution is -2.36. The van der Waals surface area contributed by atoms with Crippen LogP contribution in [0.4, 0.5) is 0 Å². The van der Waals surface area contributed by atoms with Crippen molar-refractivity contribution < 1.29 is 8.42 Å². The molecule has 15 heavy (non-hydrogen) atoms. The summed E-state index contributed by atoms with van der Waals surface area (Å²) in [4.78, 5) is 4.08. The van der Waals surface area contributed by atoms with Crippen LogP contribution in [0.25, 0.3) is 0 Å². The second-order valence-corrected chi connectivity index (χ2v) is 5.10. The highest BCUT2D eigenvalue weighted by Gasteiger charge is 2.12. The zero-order chi connectivity index (χ0) is 11.3. The lowest BCUT2D eigenvalue weighted by molar-refractivity contribution is 0.581. The van der Waals surface area contributed by atoms with Crippen molar-refractivity contribution in [2.45, 2.75) is 12.5 Å². The number of aromatic nitrogens is 1. The number of rotatable bonds is 5. The van der Waals surface area contributed by atoms with Crippen LogP contribution in [0.5, 0.6) is 0 Å². The van der Waals surface area contributed by atoms with Crippen LogP contribution in [0.15, 0.2) is 24.4 Å². The van der Waals surface area contributed by atoms with Crippen molar-refractivity contribution in [1.29, 1.82) is 0 Å². The van der Waals surface area contributed by atoms with Crippen molar-refractivity contribution in [3.05, 3.63) is 30.1 Å². The molecule has 0 fully saturated rings. The Morgan fingerprint density at radius 2 is 2.33 bits per heavy atom. The van der Waals surface area contributed by atoms with E-state index in [1.807, 2.05) is 12.1 Å². The van der Waals surface area contributed by atoms with Crippen LogP contribution in [-0.2, 0) is 16.4 Å². The quantitative estimate of drug-likeness (QED) is 0.761. The fourth-order valence-electron chi connectivity index (χ4n) is 1.09. The highest BCUT2D eigenvalue weighted by molar-refractivity contribution is 7.88. The van der Waals surface area contributed by atoms with Gasteiger partial charge in [0.15, 0.2) is 0 Å². The number of nitrogens with zero attached hydrogens (tertiary/aromatic N) is 1. The monoisotopic (exact) mass is 243 g/mol. The van der Waals surface area contributed by atoms with Gasteiger partial charge < -0.3 is 0 Å². The van der Waals surface area contributed by atoms with E-state index in [1.165, 1.54) is 0 Å². The van der Waals surface area contributed by atoms with Gasteiger partial charge in [-0.05, 0) is 12.1 Å². The van der Waals surface area contributed by atoms with Crippen LogP contribution in [0, 0.1) is 0 Å². The van der Waals surface area contributed by atoms with Gasteiger partial charge in [-0.15, -0.1) is 0 Å². The van der Waals surface area contributed by atoms with E-state index in [-0.39, 0.29) is 0 Å². The van der Waals surface area contributed by atoms with Crippen LogP contribution in [0.2, 0.25) is 0 Å². The van der Waals surface area contributed by atoms with Crippen molar-refractivity contribution in [3.63, 3.8) is 0 Å². The average molecular weight is 243 g/mol. The van der Waals surface area contributed by atoms with Crippen molar-refractivity contribution in [1.82, 2.24) is 9.71 Å². The Bertz CT molecular complexity index is 417. The Balaban J connectivity index is 2.67. The zero-order valence-electron chi connectivity index (χ0n) is 8.17. The Kier molecular flexibility index (Phi) is 4.31. The predicted octanol–water partition coefficient (Wildman–Crippen LogP) is 0.419. The fraction of sp³-hybridized carbons (Fsp3) is 0.333. The summed E-state index contributed by atoms with van der Waals surface area (Å²) in [6, 6.07) is 4.93. The molecular weight excluding hydrogens is 232 g/mol. The highest BCUT2D eigenvalue weighted by atomic mass is 32.2. The molecule has 0 spiro atoms. The largest absolute Gasteiger partial charge is 0.261 e. The number of hydrogen-bond acceptors (Lipinski definition) is 4. The molecule has 4 nitrogen and oxygen atoms in total. The molecular formula is C9H11N2O2S2. The predicted molar refractivity (Wildman–Crippen MR) is 62.3 cm³/mol. The number of nitrogens with one attached hydrogen (secondary N) is 1. The molecule has 1 N–H and O–H groups in total. The third-order valence-corrected chi connectivity index (χ3v) is 2.64. The average Bonchev–Trinajstić information content (AvgIpc) is 2.16. The number of hydrogen-bond donors (Lipinski definition) is 1. The van der Waals surface area contributed by atoms with Crippen molar-refractivity contribution in [2.75, 3.05) is 6.26 Å². The molecule has 6 heteroatoms. The molecule has 0 aliphatic heterocycles. The van der Waals surface area contributed by atoms with E-state index < -0.39 is 16.1 Å². The standard InChI is InChI=1S/C9H11N2O2S2/c1-15(12,13)11-9(7-14)6-8-4-2-3-5-10-8/h2-5,9,11H,6H2,1H3. The van der Waals surface area contributed by atoms with E-state index >= 15 is 0 Å². The summed E-state index contributed by atoms with van der Waals surface area (Å²) in [5, 5.41) is 2.46. The molecule has 0 saturated heterocycles. The summed E-state index contributed by atoms with van der Waals surface area (Å²) >= 11 is 4.64. The van der Waals surface area contributed by atoms with Crippen molar-refractivity contribution in [3.8, 4) is 0 Å². The molecule has 0 aromatic carbocycles. The molecule has 0 saturated carbocycles. The third-order valence-electron chi connectivity index (χ3n) is 1.64. The van der Waals surface area contributed by atoms with Gasteiger partial charge in [0.2, 0.25) is 10.0 Å². The highest BCUT2D eigenvalue weighted by Crippen LogP contribution is 1.99. The van der Waals surface area contributed by atoms with E-state index in [2.05, 4.69) is 27.3 Å². The Morgan fingerprint density at radius 1 is 1.60 bits per heavy atom. The van der Waals surface area contributed by atoms with Gasteiger partial charge in [0.05, 0.1) is 12.3 Å². The molecule has 1 aromatic heterocycles. The Hall–Kier alpha value is -0.850. The maximum absolute atomic E-state index is 11.0. The second kappa shape index (κ2) is 5.29. The molecule has 81 valence electrons. The Morgan fingerprint density at radius 3 is 2.80 bits per heavy atom. The van der Waals surface area contributed by atoms with E-state index in [0.717, 1.165) is 11.9 Å². The third kappa shape index (κ3) is 4.96. The SMILES string of the molecule is CS(=O)(=O)NC([C]=S)Cc1ccccn1. The number of thiocarbonyl (C=S) groups is 1. The van der Waals surface area contributed by atoms with Gasteiger partial charge in [0.1, 0.15) is 0 Å². The van der Waals surface area contributed by atoms with Crippen LogP contribution < -0.4 is 4.72 Å². The van der Waals surface area contributed by atoms with Gasteiger partial charge in [-0.25, -0.2) is 13.1 Å².